The fourth-order valence-electron chi connectivity index (χ4n) is 1.84. The number of rotatable bonds is 4. The summed E-state index contributed by atoms with van der Waals surface area (Å²) in [7, 11) is -3.65. The number of aliphatic hydroxyl groups excluding tert-OH is 1. The van der Waals surface area contributed by atoms with E-state index in [4.69, 9.17) is 9.29 Å². The van der Waals surface area contributed by atoms with E-state index < -0.39 is 10.1 Å². The predicted octanol–water partition coefficient (Wildman–Crippen LogP) is 1.47. The quantitative estimate of drug-likeness (QED) is 0.829. The van der Waals surface area contributed by atoms with E-state index in [2.05, 4.69) is 0 Å². The third-order valence-corrected chi connectivity index (χ3v) is 4.40. The molecule has 94 valence electrons. The Labute approximate surface area is 101 Å². The molecule has 1 aliphatic rings. The largest absolute Gasteiger partial charge is 0.396 e. The van der Waals surface area contributed by atoms with Gasteiger partial charge in [0.1, 0.15) is 0 Å². The molecular formula is C12H16O4S. The number of aryl methyl sites for hydroxylation is 1. The van der Waals surface area contributed by atoms with Gasteiger partial charge in [-0.2, -0.15) is 8.42 Å². The molecule has 0 spiro atoms. The van der Waals surface area contributed by atoms with Gasteiger partial charge in [0, 0.05) is 6.61 Å². The summed E-state index contributed by atoms with van der Waals surface area (Å²) in [6, 6.07) is 6.58. The Balaban J connectivity index is 2.02. The Hall–Kier alpha value is -0.910. The SMILES string of the molecule is Cc1ccc(S(=O)(=O)OC2CC(CO)C2)cc1. The van der Waals surface area contributed by atoms with Crippen LogP contribution in [0.3, 0.4) is 0 Å². The van der Waals surface area contributed by atoms with Crippen LogP contribution in [-0.2, 0) is 14.3 Å². The van der Waals surface area contributed by atoms with Gasteiger partial charge < -0.3 is 5.11 Å². The second-order valence-corrected chi connectivity index (χ2v) is 6.08. The molecule has 0 aromatic heterocycles. The van der Waals surface area contributed by atoms with Crippen molar-refractivity contribution in [2.75, 3.05) is 6.61 Å². The van der Waals surface area contributed by atoms with Crippen molar-refractivity contribution in [3.8, 4) is 0 Å². The lowest BCUT2D eigenvalue weighted by molar-refractivity contribution is 0.0368. The van der Waals surface area contributed by atoms with Gasteiger partial charge in [0.25, 0.3) is 10.1 Å². The van der Waals surface area contributed by atoms with E-state index in [1.54, 1.807) is 24.3 Å². The Morgan fingerprint density at radius 3 is 2.41 bits per heavy atom. The van der Waals surface area contributed by atoms with Crippen LogP contribution in [0.5, 0.6) is 0 Å². The summed E-state index contributed by atoms with van der Waals surface area (Å²) in [4.78, 5) is 0.190. The maximum absolute atomic E-state index is 11.9. The monoisotopic (exact) mass is 256 g/mol. The normalized spacial score (nSPS) is 24.4. The summed E-state index contributed by atoms with van der Waals surface area (Å²) in [6.45, 7) is 2.00. The van der Waals surface area contributed by atoms with Gasteiger partial charge in [0.15, 0.2) is 0 Å². The average Bonchev–Trinajstić information content (AvgIpc) is 2.23. The van der Waals surface area contributed by atoms with E-state index in [0.717, 1.165) is 5.56 Å². The molecule has 0 aliphatic heterocycles. The van der Waals surface area contributed by atoms with Crippen molar-refractivity contribution in [1.82, 2.24) is 0 Å². The van der Waals surface area contributed by atoms with Crippen molar-refractivity contribution in [1.29, 1.82) is 0 Å². The van der Waals surface area contributed by atoms with E-state index >= 15 is 0 Å². The molecule has 0 unspecified atom stereocenters. The van der Waals surface area contributed by atoms with Crippen molar-refractivity contribution in [3.05, 3.63) is 29.8 Å². The second kappa shape index (κ2) is 4.76. The molecule has 17 heavy (non-hydrogen) atoms. The molecule has 0 amide bonds. The Kier molecular flexibility index (Phi) is 3.51. The molecule has 1 fully saturated rings. The third-order valence-electron chi connectivity index (χ3n) is 3.02. The smallest absolute Gasteiger partial charge is 0.297 e. The molecule has 0 heterocycles. The summed E-state index contributed by atoms with van der Waals surface area (Å²) < 4.78 is 28.8. The van der Waals surface area contributed by atoms with Crippen molar-refractivity contribution in [2.45, 2.75) is 30.8 Å². The highest BCUT2D eigenvalue weighted by Gasteiger charge is 2.33. The molecule has 1 aromatic rings. The number of hydrogen-bond acceptors (Lipinski definition) is 4. The Morgan fingerprint density at radius 2 is 1.88 bits per heavy atom. The second-order valence-electron chi connectivity index (χ2n) is 4.51. The third kappa shape index (κ3) is 2.86. The molecule has 0 saturated heterocycles. The van der Waals surface area contributed by atoms with Crippen LogP contribution in [0, 0.1) is 12.8 Å². The van der Waals surface area contributed by atoms with Crippen LogP contribution in [-0.4, -0.2) is 26.2 Å². The molecule has 0 bridgehead atoms. The molecule has 2 rings (SSSR count). The van der Waals surface area contributed by atoms with Crippen LogP contribution in [0.25, 0.3) is 0 Å². The summed E-state index contributed by atoms with van der Waals surface area (Å²) >= 11 is 0. The summed E-state index contributed by atoms with van der Waals surface area (Å²) in [5.74, 6) is 0.188. The lowest BCUT2D eigenvalue weighted by Crippen LogP contribution is -2.35. The fraction of sp³-hybridized carbons (Fsp3) is 0.500. The van der Waals surface area contributed by atoms with E-state index in [1.165, 1.54) is 0 Å². The molecule has 0 atom stereocenters. The lowest BCUT2D eigenvalue weighted by Gasteiger charge is -2.32. The lowest BCUT2D eigenvalue weighted by atomic mass is 9.83. The first-order valence-electron chi connectivity index (χ1n) is 5.62. The van der Waals surface area contributed by atoms with Crippen molar-refractivity contribution >= 4 is 10.1 Å². The van der Waals surface area contributed by atoms with Crippen LogP contribution in [0.4, 0.5) is 0 Å². The summed E-state index contributed by atoms with van der Waals surface area (Å²) in [5, 5.41) is 8.84. The first-order chi connectivity index (χ1) is 8.01. The minimum Gasteiger partial charge on any atom is -0.396 e. The summed E-state index contributed by atoms with van der Waals surface area (Å²) in [5.41, 5.74) is 1.01. The first-order valence-corrected chi connectivity index (χ1v) is 7.03. The van der Waals surface area contributed by atoms with Gasteiger partial charge in [-0.05, 0) is 37.8 Å². The van der Waals surface area contributed by atoms with Crippen LogP contribution in [0.2, 0.25) is 0 Å². The van der Waals surface area contributed by atoms with Crippen molar-refractivity contribution in [2.24, 2.45) is 5.92 Å². The molecule has 0 radical (unpaired) electrons. The topological polar surface area (TPSA) is 63.6 Å². The van der Waals surface area contributed by atoms with Crippen LogP contribution in [0.15, 0.2) is 29.2 Å². The van der Waals surface area contributed by atoms with Gasteiger partial charge >= 0.3 is 0 Å². The highest BCUT2D eigenvalue weighted by atomic mass is 32.2. The van der Waals surface area contributed by atoms with Gasteiger partial charge in [-0.3, -0.25) is 4.18 Å². The minimum absolute atomic E-state index is 0.102. The van der Waals surface area contributed by atoms with Crippen LogP contribution in [0.1, 0.15) is 18.4 Å². The zero-order chi connectivity index (χ0) is 12.5. The van der Waals surface area contributed by atoms with E-state index in [1.807, 2.05) is 6.92 Å². The van der Waals surface area contributed by atoms with Gasteiger partial charge in [-0.15, -0.1) is 0 Å². The minimum atomic E-state index is -3.65. The molecule has 1 N–H and O–H groups in total. The molecule has 1 aromatic carbocycles. The van der Waals surface area contributed by atoms with Crippen molar-refractivity contribution in [3.63, 3.8) is 0 Å². The average molecular weight is 256 g/mol. The predicted molar refractivity (Wildman–Crippen MR) is 63.0 cm³/mol. The highest BCUT2D eigenvalue weighted by molar-refractivity contribution is 7.86. The Morgan fingerprint density at radius 1 is 1.29 bits per heavy atom. The molecule has 5 heteroatoms. The summed E-state index contributed by atoms with van der Waals surface area (Å²) in [6.07, 6.45) is 0.946. The van der Waals surface area contributed by atoms with E-state index in [0.29, 0.717) is 12.8 Å². The molecule has 1 aliphatic carbocycles. The number of benzene rings is 1. The molecule has 4 nitrogen and oxygen atoms in total. The van der Waals surface area contributed by atoms with Gasteiger partial charge in [-0.1, -0.05) is 17.7 Å². The zero-order valence-corrected chi connectivity index (χ0v) is 10.5. The first kappa shape index (κ1) is 12.5. The number of aliphatic hydroxyl groups is 1. The van der Waals surface area contributed by atoms with Crippen molar-refractivity contribution < 1.29 is 17.7 Å². The van der Waals surface area contributed by atoms with E-state index in [-0.39, 0.29) is 23.5 Å². The maximum Gasteiger partial charge on any atom is 0.297 e. The van der Waals surface area contributed by atoms with Crippen LogP contribution < -0.4 is 0 Å². The molecular weight excluding hydrogens is 240 g/mol. The fourth-order valence-corrected chi connectivity index (χ4v) is 2.94. The highest BCUT2D eigenvalue weighted by Crippen LogP contribution is 2.32. The standard InChI is InChI=1S/C12H16O4S/c1-9-2-4-12(5-3-9)17(14,15)16-11-6-10(7-11)8-13/h2-5,10-11,13H,6-8H2,1H3. The number of hydrogen-bond donors (Lipinski definition) is 1. The van der Waals surface area contributed by atoms with E-state index in [9.17, 15) is 8.42 Å². The van der Waals surface area contributed by atoms with Gasteiger partial charge in [-0.25, -0.2) is 0 Å². The Bertz CT molecular complexity index is 472. The van der Waals surface area contributed by atoms with Crippen LogP contribution >= 0.6 is 0 Å². The zero-order valence-electron chi connectivity index (χ0n) is 9.67. The van der Waals surface area contributed by atoms with Gasteiger partial charge in [0.2, 0.25) is 0 Å². The van der Waals surface area contributed by atoms with Gasteiger partial charge in [0.05, 0.1) is 11.0 Å². The maximum atomic E-state index is 11.9. The molecule has 1 saturated carbocycles.